The molecule has 5 heterocycles. The molecular formula is C27H30FN5O3. The number of aryl methyl sites for hydroxylation is 2. The van der Waals surface area contributed by atoms with Crippen LogP contribution in [0.1, 0.15) is 32.1 Å². The van der Waals surface area contributed by atoms with E-state index in [9.17, 15) is 4.79 Å². The lowest BCUT2D eigenvalue weighted by molar-refractivity contribution is 0.203. The normalized spacial score (nSPS) is 16.3. The number of rotatable bonds is 6. The summed E-state index contributed by atoms with van der Waals surface area (Å²) in [6.07, 6.45) is 8.73. The number of hydrogen-bond acceptors (Lipinski definition) is 6. The zero-order valence-electron chi connectivity index (χ0n) is 20.5. The van der Waals surface area contributed by atoms with Gasteiger partial charge in [0.25, 0.3) is 0 Å². The number of imidazole rings is 1. The predicted octanol–water partition coefficient (Wildman–Crippen LogP) is 4.13. The van der Waals surface area contributed by atoms with Crippen LogP contribution < -0.4 is 15.2 Å². The molecule has 9 heteroatoms. The monoisotopic (exact) mass is 491 g/mol. The first-order valence-electron chi connectivity index (χ1n) is 12.8. The van der Waals surface area contributed by atoms with Crippen LogP contribution in [0.5, 0.6) is 11.6 Å². The first-order chi connectivity index (χ1) is 17.6. The summed E-state index contributed by atoms with van der Waals surface area (Å²) in [5, 5.41) is 0.652. The van der Waals surface area contributed by atoms with Gasteiger partial charge >= 0.3 is 5.69 Å². The van der Waals surface area contributed by atoms with Crippen molar-refractivity contribution in [2.45, 2.75) is 38.6 Å². The average molecular weight is 492 g/mol. The molecule has 0 radical (unpaired) electrons. The number of pyridine rings is 2. The standard InChI is InChI=1S/C27H30FN5O3/c1-31-21-17-29-20-15-19(28)23(26-24(20)25(21)33(27(31)34)12-6-14-36-26)18-7-8-22(30-16-18)35-13-5-11-32-9-3-2-4-10-32/h7-8,15-17H,2-6,9-14H2,1H3. The molecule has 6 rings (SSSR count). The first-order valence-corrected chi connectivity index (χ1v) is 12.8. The van der Waals surface area contributed by atoms with Crippen LogP contribution in [-0.2, 0) is 13.6 Å². The SMILES string of the molecule is Cn1c(=O)n2c3c4c(c(-c5ccc(OCCCN6CCCCC6)nc5)c(F)cc4ncc31)OCCC2. The third-order valence-corrected chi connectivity index (χ3v) is 7.28. The molecule has 1 aromatic carbocycles. The number of hydrogen-bond donors (Lipinski definition) is 0. The van der Waals surface area contributed by atoms with Crippen LogP contribution in [0.2, 0.25) is 0 Å². The van der Waals surface area contributed by atoms with E-state index in [4.69, 9.17) is 9.47 Å². The molecule has 3 aromatic heterocycles. The van der Waals surface area contributed by atoms with Crippen molar-refractivity contribution in [2.75, 3.05) is 32.8 Å². The lowest BCUT2D eigenvalue weighted by Crippen LogP contribution is -2.31. The van der Waals surface area contributed by atoms with Crippen molar-refractivity contribution in [1.82, 2.24) is 24.0 Å². The molecule has 36 heavy (non-hydrogen) atoms. The molecule has 0 spiro atoms. The average Bonchev–Trinajstić information content (AvgIpc) is 3.13. The van der Waals surface area contributed by atoms with Gasteiger partial charge in [-0.25, -0.2) is 14.2 Å². The van der Waals surface area contributed by atoms with Crippen LogP contribution in [0.3, 0.4) is 0 Å². The second kappa shape index (κ2) is 9.54. The van der Waals surface area contributed by atoms with Crippen molar-refractivity contribution in [3.05, 3.63) is 46.9 Å². The summed E-state index contributed by atoms with van der Waals surface area (Å²) in [5.41, 5.74) is 2.69. The topological polar surface area (TPSA) is 74.4 Å². The van der Waals surface area contributed by atoms with E-state index in [1.807, 2.05) is 6.07 Å². The highest BCUT2D eigenvalue weighted by molar-refractivity contribution is 6.09. The zero-order valence-corrected chi connectivity index (χ0v) is 20.5. The minimum absolute atomic E-state index is 0.110. The molecule has 0 bridgehead atoms. The van der Waals surface area contributed by atoms with Gasteiger partial charge < -0.3 is 14.4 Å². The lowest BCUT2D eigenvalue weighted by Gasteiger charge is -2.26. The number of piperidine rings is 1. The fourth-order valence-corrected chi connectivity index (χ4v) is 5.44. The quantitative estimate of drug-likeness (QED) is 0.378. The Balaban J connectivity index is 1.32. The summed E-state index contributed by atoms with van der Waals surface area (Å²) in [7, 11) is 1.73. The van der Waals surface area contributed by atoms with E-state index in [-0.39, 0.29) is 5.69 Å². The molecule has 2 aliphatic rings. The van der Waals surface area contributed by atoms with Crippen LogP contribution in [0.4, 0.5) is 4.39 Å². The fourth-order valence-electron chi connectivity index (χ4n) is 5.44. The first kappa shape index (κ1) is 23.0. The Hall–Kier alpha value is -3.46. The Bertz CT molecular complexity index is 1470. The van der Waals surface area contributed by atoms with Gasteiger partial charge in [-0.05, 0) is 44.8 Å². The minimum atomic E-state index is -0.438. The van der Waals surface area contributed by atoms with Gasteiger partial charge in [-0.1, -0.05) is 6.42 Å². The van der Waals surface area contributed by atoms with E-state index in [0.29, 0.717) is 65.4 Å². The number of halogens is 1. The molecule has 188 valence electrons. The Morgan fingerprint density at radius 3 is 2.75 bits per heavy atom. The van der Waals surface area contributed by atoms with Crippen molar-refractivity contribution in [2.24, 2.45) is 7.05 Å². The number of ether oxygens (including phenoxy) is 2. The summed E-state index contributed by atoms with van der Waals surface area (Å²) >= 11 is 0. The molecule has 0 aliphatic carbocycles. The maximum absolute atomic E-state index is 15.5. The van der Waals surface area contributed by atoms with Crippen LogP contribution in [-0.4, -0.2) is 56.9 Å². The smallest absolute Gasteiger partial charge is 0.328 e. The maximum atomic E-state index is 15.5. The van der Waals surface area contributed by atoms with Crippen LogP contribution in [0.25, 0.3) is 33.1 Å². The number of aromatic nitrogens is 4. The molecule has 0 unspecified atom stereocenters. The van der Waals surface area contributed by atoms with Gasteiger partial charge in [-0.15, -0.1) is 0 Å². The van der Waals surface area contributed by atoms with E-state index in [1.54, 1.807) is 34.6 Å². The highest BCUT2D eigenvalue weighted by Gasteiger charge is 2.25. The third kappa shape index (κ3) is 4.01. The van der Waals surface area contributed by atoms with Crippen LogP contribution in [0.15, 0.2) is 35.4 Å². The number of likely N-dealkylation sites (tertiary alicyclic amines) is 1. The van der Waals surface area contributed by atoms with Gasteiger partial charge in [-0.2, -0.15) is 0 Å². The zero-order chi connectivity index (χ0) is 24.6. The van der Waals surface area contributed by atoms with E-state index in [2.05, 4.69) is 14.9 Å². The summed E-state index contributed by atoms with van der Waals surface area (Å²) in [6.45, 7) is 4.89. The predicted molar refractivity (Wildman–Crippen MR) is 136 cm³/mol. The Morgan fingerprint density at radius 2 is 1.94 bits per heavy atom. The second-order valence-corrected chi connectivity index (χ2v) is 9.63. The summed E-state index contributed by atoms with van der Waals surface area (Å²) in [6, 6.07) is 4.99. The Labute approximate surface area is 208 Å². The summed E-state index contributed by atoms with van der Waals surface area (Å²) in [5.74, 6) is 0.481. The number of benzene rings is 1. The molecule has 0 N–H and O–H groups in total. The molecule has 4 aromatic rings. The summed E-state index contributed by atoms with van der Waals surface area (Å²) in [4.78, 5) is 24.2. The van der Waals surface area contributed by atoms with E-state index >= 15 is 4.39 Å². The molecule has 0 atom stereocenters. The largest absolute Gasteiger partial charge is 0.492 e. The fraction of sp³-hybridized carbons (Fsp3) is 0.444. The van der Waals surface area contributed by atoms with Gasteiger partial charge in [0, 0.05) is 44.0 Å². The Morgan fingerprint density at radius 1 is 1.08 bits per heavy atom. The van der Waals surface area contributed by atoms with Crippen LogP contribution >= 0.6 is 0 Å². The molecule has 1 saturated heterocycles. The van der Waals surface area contributed by atoms with Gasteiger partial charge in [0.1, 0.15) is 11.6 Å². The van der Waals surface area contributed by atoms with Gasteiger partial charge in [-0.3, -0.25) is 14.1 Å². The van der Waals surface area contributed by atoms with E-state index < -0.39 is 5.82 Å². The molecule has 1 fully saturated rings. The van der Waals surface area contributed by atoms with E-state index in [1.165, 1.54) is 38.4 Å². The van der Waals surface area contributed by atoms with E-state index in [0.717, 1.165) is 18.5 Å². The molecule has 8 nitrogen and oxygen atoms in total. The molecule has 0 amide bonds. The van der Waals surface area contributed by atoms with Crippen LogP contribution in [0, 0.1) is 5.82 Å². The highest BCUT2D eigenvalue weighted by Crippen LogP contribution is 2.42. The van der Waals surface area contributed by atoms with Crippen molar-refractivity contribution in [3.8, 4) is 22.8 Å². The maximum Gasteiger partial charge on any atom is 0.328 e. The van der Waals surface area contributed by atoms with Crippen molar-refractivity contribution in [1.29, 1.82) is 0 Å². The minimum Gasteiger partial charge on any atom is -0.492 e. The second-order valence-electron chi connectivity index (χ2n) is 9.63. The Kier molecular flexibility index (Phi) is 6.08. The lowest BCUT2D eigenvalue weighted by atomic mass is 10.0. The molecule has 0 saturated carbocycles. The van der Waals surface area contributed by atoms with Crippen molar-refractivity contribution >= 4 is 21.9 Å². The number of nitrogens with zero attached hydrogens (tertiary/aromatic N) is 5. The highest BCUT2D eigenvalue weighted by atomic mass is 19.1. The van der Waals surface area contributed by atoms with Crippen molar-refractivity contribution < 1.29 is 13.9 Å². The van der Waals surface area contributed by atoms with Gasteiger partial charge in [0.05, 0.1) is 46.9 Å². The molecule has 2 aliphatic heterocycles. The van der Waals surface area contributed by atoms with Crippen molar-refractivity contribution in [3.63, 3.8) is 0 Å². The van der Waals surface area contributed by atoms with Gasteiger partial charge in [0.2, 0.25) is 5.88 Å². The third-order valence-electron chi connectivity index (χ3n) is 7.28. The van der Waals surface area contributed by atoms with Gasteiger partial charge in [0.15, 0.2) is 0 Å². The molecular weight excluding hydrogens is 461 g/mol. The summed E-state index contributed by atoms with van der Waals surface area (Å²) < 4.78 is 30.8.